The first kappa shape index (κ1) is 16.3. The maximum absolute atomic E-state index is 12.2. The summed E-state index contributed by atoms with van der Waals surface area (Å²) in [5, 5.41) is 1.59. The van der Waals surface area contributed by atoms with E-state index in [-0.39, 0.29) is 16.6 Å². The predicted octanol–water partition coefficient (Wildman–Crippen LogP) is 2.47. The summed E-state index contributed by atoms with van der Waals surface area (Å²) in [4.78, 5) is 10.8. The maximum atomic E-state index is 12.2. The number of sulfonamides is 1. The standard InChI is InChI=1S/C14H17ClN4O3S2/c1-8-6-22-5-4-19(8)13-12-11(16-14(15)17-13)10(7-23-12)18-24(20,21)9-2-3-9/h7-9,18H,2-6H2,1H3/t8-/m1/s1. The third kappa shape index (κ3) is 2.94. The van der Waals surface area contributed by atoms with Crippen LogP contribution in [0.2, 0.25) is 5.28 Å². The minimum atomic E-state index is -3.34. The zero-order chi connectivity index (χ0) is 16.9. The number of hydrogen-bond acceptors (Lipinski definition) is 7. The molecular weight excluding hydrogens is 372 g/mol. The summed E-state index contributed by atoms with van der Waals surface area (Å²) in [6.07, 6.45) is 1.42. The van der Waals surface area contributed by atoms with Gasteiger partial charge in [-0.2, -0.15) is 4.98 Å². The lowest BCUT2D eigenvalue weighted by molar-refractivity contribution is 0.0987. The molecule has 0 amide bonds. The van der Waals surface area contributed by atoms with E-state index in [0.717, 1.165) is 10.5 Å². The number of hydrogen-bond donors (Lipinski definition) is 1. The molecule has 1 N–H and O–H groups in total. The van der Waals surface area contributed by atoms with Crippen molar-refractivity contribution in [3.05, 3.63) is 10.7 Å². The van der Waals surface area contributed by atoms with Crippen LogP contribution in [0.15, 0.2) is 5.38 Å². The number of nitrogens with one attached hydrogen (secondary N) is 1. The monoisotopic (exact) mass is 388 g/mol. The molecule has 1 aliphatic carbocycles. The average Bonchev–Trinajstić information content (AvgIpc) is 3.32. The summed E-state index contributed by atoms with van der Waals surface area (Å²) in [6, 6.07) is 0.168. The molecule has 1 saturated carbocycles. The summed E-state index contributed by atoms with van der Waals surface area (Å²) < 4.78 is 33.4. The van der Waals surface area contributed by atoms with Crippen LogP contribution in [0.3, 0.4) is 0 Å². The molecule has 3 heterocycles. The van der Waals surface area contributed by atoms with Gasteiger partial charge in [-0.15, -0.1) is 11.3 Å². The van der Waals surface area contributed by atoms with Crippen LogP contribution in [0.25, 0.3) is 10.2 Å². The SMILES string of the molecule is C[C@@H]1COCCN1c1nc(Cl)nc2c(NS(=O)(=O)C3CC3)csc12. The van der Waals surface area contributed by atoms with Gasteiger partial charge >= 0.3 is 0 Å². The lowest BCUT2D eigenvalue weighted by Gasteiger charge is -2.34. The fourth-order valence-electron chi connectivity index (χ4n) is 2.80. The first-order valence-electron chi connectivity index (χ1n) is 7.76. The average molecular weight is 389 g/mol. The molecule has 1 atom stereocenters. The number of rotatable bonds is 4. The van der Waals surface area contributed by atoms with Gasteiger partial charge in [0.15, 0.2) is 5.82 Å². The zero-order valence-corrected chi connectivity index (χ0v) is 15.4. The van der Waals surface area contributed by atoms with Gasteiger partial charge in [0.1, 0.15) is 5.52 Å². The largest absolute Gasteiger partial charge is 0.377 e. The highest BCUT2D eigenvalue weighted by Crippen LogP contribution is 2.38. The third-order valence-corrected chi connectivity index (χ3v) is 7.21. The number of morpholine rings is 1. The fraction of sp³-hybridized carbons (Fsp3) is 0.571. The number of aromatic nitrogens is 2. The molecule has 2 aromatic heterocycles. The quantitative estimate of drug-likeness (QED) is 0.810. The van der Waals surface area contributed by atoms with Crippen LogP contribution in [-0.2, 0) is 14.8 Å². The number of anilines is 2. The Labute approximate surface area is 149 Å². The van der Waals surface area contributed by atoms with Crippen molar-refractivity contribution in [2.24, 2.45) is 0 Å². The van der Waals surface area contributed by atoms with Crippen molar-refractivity contribution in [2.45, 2.75) is 31.1 Å². The van der Waals surface area contributed by atoms with Gasteiger partial charge in [-0.25, -0.2) is 13.4 Å². The van der Waals surface area contributed by atoms with E-state index in [4.69, 9.17) is 16.3 Å². The molecule has 10 heteroatoms. The molecule has 7 nitrogen and oxygen atoms in total. The molecular formula is C14H17ClN4O3S2. The van der Waals surface area contributed by atoms with Crippen LogP contribution in [-0.4, -0.2) is 49.4 Å². The Morgan fingerprint density at radius 3 is 2.92 bits per heavy atom. The first-order valence-corrected chi connectivity index (χ1v) is 10.6. The second-order valence-corrected chi connectivity index (χ2v) is 9.29. The van der Waals surface area contributed by atoms with Gasteiger partial charge < -0.3 is 9.64 Å². The van der Waals surface area contributed by atoms with Crippen molar-refractivity contribution >= 4 is 54.7 Å². The maximum Gasteiger partial charge on any atom is 0.235 e. The van der Waals surface area contributed by atoms with E-state index in [2.05, 4.69) is 26.5 Å². The van der Waals surface area contributed by atoms with Gasteiger partial charge in [-0.05, 0) is 31.4 Å². The van der Waals surface area contributed by atoms with Gasteiger partial charge in [0.2, 0.25) is 15.3 Å². The highest BCUT2D eigenvalue weighted by molar-refractivity contribution is 7.93. The second-order valence-electron chi connectivity index (χ2n) is 6.11. The van der Waals surface area contributed by atoms with Gasteiger partial charge in [-0.1, -0.05) is 0 Å². The molecule has 0 radical (unpaired) electrons. The smallest absolute Gasteiger partial charge is 0.235 e. The van der Waals surface area contributed by atoms with Crippen LogP contribution in [0.4, 0.5) is 11.5 Å². The Morgan fingerprint density at radius 2 is 2.21 bits per heavy atom. The lowest BCUT2D eigenvalue weighted by atomic mass is 10.2. The van der Waals surface area contributed by atoms with Crippen molar-refractivity contribution in [3.63, 3.8) is 0 Å². The molecule has 1 aliphatic heterocycles. The summed E-state index contributed by atoms with van der Waals surface area (Å²) in [6.45, 7) is 4.02. The summed E-state index contributed by atoms with van der Waals surface area (Å²) in [5.41, 5.74) is 1.03. The zero-order valence-electron chi connectivity index (χ0n) is 13.0. The topological polar surface area (TPSA) is 84.4 Å². The van der Waals surface area contributed by atoms with Crippen molar-refractivity contribution in [1.82, 2.24) is 9.97 Å². The van der Waals surface area contributed by atoms with Crippen LogP contribution in [0.5, 0.6) is 0 Å². The molecule has 2 fully saturated rings. The minimum Gasteiger partial charge on any atom is -0.377 e. The van der Waals surface area contributed by atoms with Crippen molar-refractivity contribution < 1.29 is 13.2 Å². The second kappa shape index (κ2) is 5.98. The Balaban J connectivity index is 1.76. The third-order valence-electron chi connectivity index (χ3n) is 4.23. The molecule has 130 valence electrons. The lowest BCUT2D eigenvalue weighted by Crippen LogP contribution is -2.44. The van der Waals surface area contributed by atoms with E-state index < -0.39 is 10.0 Å². The van der Waals surface area contributed by atoms with Crippen molar-refractivity contribution in [3.8, 4) is 0 Å². The Bertz CT molecular complexity index is 882. The number of nitrogens with zero attached hydrogens (tertiary/aromatic N) is 3. The Hall–Kier alpha value is -1.16. The van der Waals surface area contributed by atoms with Crippen LogP contribution in [0, 0.1) is 0 Å². The Kier molecular flexibility index (Phi) is 4.06. The van der Waals surface area contributed by atoms with Gasteiger partial charge in [0.05, 0.1) is 34.9 Å². The van der Waals surface area contributed by atoms with E-state index in [1.165, 1.54) is 11.3 Å². The van der Waals surface area contributed by atoms with E-state index in [9.17, 15) is 8.42 Å². The van der Waals surface area contributed by atoms with E-state index in [1.54, 1.807) is 5.38 Å². The number of fused-ring (bicyclic) bond motifs is 1. The molecule has 2 aromatic rings. The van der Waals surface area contributed by atoms with E-state index in [1.807, 2.05) is 0 Å². The highest BCUT2D eigenvalue weighted by atomic mass is 35.5. The summed E-state index contributed by atoms with van der Waals surface area (Å²) >= 11 is 7.54. The molecule has 0 spiro atoms. The minimum absolute atomic E-state index is 0.112. The molecule has 0 aromatic carbocycles. The normalized spacial score (nSPS) is 22.1. The van der Waals surface area contributed by atoms with Gasteiger partial charge in [0.25, 0.3) is 0 Å². The van der Waals surface area contributed by atoms with Crippen LogP contribution in [0.1, 0.15) is 19.8 Å². The summed E-state index contributed by atoms with van der Waals surface area (Å²) in [7, 11) is -3.34. The first-order chi connectivity index (χ1) is 11.5. The molecule has 2 aliphatic rings. The summed E-state index contributed by atoms with van der Waals surface area (Å²) in [5.74, 6) is 0.739. The number of ether oxygens (including phenoxy) is 1. The van der Waals surface area contributed by atoms with Gasteiger partial charge in [-0.3, -0.25) is 4.72 Å². The van der Waals surface area contributed by atoms with E-state index in [0.29, 0.717) is 43.8 Å². The number of thiophene rings is 1. The fourth-order valence-corrected chi connectivity index (χ4v) is 5.37. The molecule has 0 bridgehead atoms. The molecule has 0 unspecified atom stereocenters. The van der Waals surface area contributed by atoms with Crippen LogP contribution >= 0.6 is 22.9 Å². The predicted molar refractivity (Wildman–Crippen MR) is 95.6 cm³/mol. The van der Waals surface area contributed by atoms with Gasteiger partial charge in [0, 0.05) is 11.9 Å². The van der Waals surface area contributed by atoms with Crippen LogP contribution < -0.4 is 9.62 Å². The molecule has 4 rings (SSSR count). The molecule has 1 saturated heterocycles. The number of halogens is 1. The van der Waals surface area contributed by atoms with Crippen molar-refractivity contribution in [2.75, 3.05) is 29.4 Å². The molecule has 24 heavy (non-hydrogen) atoms. The highest BCUT2D eigenvalue weighted by Gasteiger charge is 2.36. The van der Waals surface area contributed by atoms with E-state index >= 15 is 0 Å². The van der Waals surface area contributed by atoms with Crippen molar-refractivity contribution in [1.29, 1.82) is 0 Å². The Morgan fingerprint density at radius 1 is 1.42 bits per heavy atom.